The Balaban J connectivity index is 1.56. The molecule has 0 unspecified atom stereocenters. The smallest absolute Gasteiger partial charge is 0.234 e. The minimum absolute atomic E-state index is 0.208. The summed E-state index contributed by atoms with van der Waals surface area (Å²) in [5, 5.41) is 3.82. The highest BCUT2D eigenvalue weighted by atomic mass is 35.5. The normalized spacial score (nSPS) is 10.9. The summed E-state index contributed by atoms with van der Waals surface area (Å²) in [5.41, 5.74) is 2.07. The first-order chi connectivity index (χ1) is 14.5. The molecule has 4 aromatic rings. The van der Waals surface area contributed by atoms with E-state index in [1.165, 1.54) is 18.9 Å². The molecule has 0 aliphatic heterocycles. The number of hydrogen-bond donors (Lipinski definition) is 1. The van der Waals surface area contributed by atoms with E-state index < -0.39 is 0 Å². The molecular formula is C21H15Cl2N3O3S. The van der Waals surface area contributed by atoms with Gasteiger partial charge in [0.1, 0.15) is 0 Å². The summed E-state index contributed by atoms with van der Waals surface area (Å²) in [5.74, 6) is 0.707. The summed E-state index contributed by atoms with van der Waals surface area (Å²) >= 11 is 13.7. The molecule has 1 amide bonds. The van der Waals surface area contributed by atoms with Gasteiger partial charge in [-0.3, -0.25) is 4.79 Å². The van der Waals surface area contributed by atoms with Crippen LogP contribution in [-0.4, -0.2) is 28.7 Å². The van der Waals surface area contributed by atoms with Crippen molar-refractivity contribution in [2.75, 3.05) is 18.2 Å². The van der Waals surface area contributed by atoms with Gasteiger partial charge in [0, 0.05) is 21.7 Å². The summed E-state index contributed by atoms with van der Waals surface area (Å²) in [7, 11) is 1.49. The number of carbonyl (C=O) groups is 1. The number of hydrogen-bond acceptors (Lipinski definition) is 6. The van der Waals surface area contributed by atoms with Crippen molar-refractivity contribution in [1.82, 2.24) is 9.97 Å². The van der Waals surface area contributed by atoms with E-state index in [1.807, 2.05) is 12.1 Å². The van der Waals surface area contributed by atoms with E-state index in [0.717, 1.165) is 4.90 Å². The molecule has 0 aliphatic rings. The number of aromatic nitrogens is 2. The van der Waals surface area contributed by atoms with E-state index in [2.05, 4.69) is 15.3 Å². The summed E-state index contributed by atoms with van der Waals surface area (Å²) in [4.78, 5) is 22.0. The Kier molecular flexibility index (Phi) is 6.13. The van der Waals surface area contributed by atoms with Gasteiger partial charge in [0.25, 0.3) is 0 Å². The SMILES string of the molecule is COc1c(Cl)cc(-c2nc3ncccc3o2)cc1NC(=O)CSc1ccc(Cl)cc1. The molecule has 6 nitrogen and oxygen atoms in total. The van der Waals surface area contributed by atoms with Crippen molar-refractivity contribution in [3.05, 3.63) is 64.8 Å². The molecule has 2 aromatic heterocycles. The topological polar surface area (TPSA) is 77.2 Å². The van der Waals surface area contributed by atoms with E-state index in [-0.39, 0.29) is 11.7 Å². The van der Waals surface area contributed by atoms with Gasteiger partial charge in [-0.25, -0.2) is 4.98 Å². The van der Waals surface area contributed by atoms with Crippen LogP contribution in [0.15, 0.2) is 64.0 Å². The van der Waals surface area contributed by atoms with Crippen molar-refractivity contribution in [1.29, 1.82) is 0 Å². The maximum absolute atomic E-state index is 12.5. The Bertz CT molecular complexity index is 1180. The Morgan fingerprint density at radius 3 is 2.73 bits per heavy atom. The van der Waals surface area contributed by atoms with Crippen molar-refractivity contribution in [2.24, 2.45) is 0 Å². The van der Waals surface area contributed by atoms with Gasteiger partial charge in [0.15, 0.2) is 17.0 Å². The van der Waals surface area contributed by atoms with Crippen LogP contribution in [0.2, 0.25) is 10.0 Å². The number of oxazole rings is 1. The second-order valence-corrected chi connectivity index (χ2v) is 8.07. The number of halogens is 2. The summed E-state index contributed by atoms with van der Waals surface area (Å²) < 4.78 is 11.1. The number of nitrogens with one attached hydrogen (secondary N) is 1. The number of methoxy groups -OCH3 is 1. The van der Waals surface area contributed by atoms with Gasteiger partial charge in [0.05, 0.1) is 23.6 Å². The lowest BCUT2D eigenvalue weighted by Gasteiger charge is -2.13. The molecule has 0 saturated heterocycles. The molecular weight excluding hydrogens is 445 g/mol. The third kappa shape index (κ3) is 4.53. The zero-order chi connectivity index (χ0) is 21.1. The van der Waals surface area contributed by atoms with Gasteiger partial charge >= 0.3 is 0 Å². The lowest BCUT2D eigenvalue weighted by molar-refractivity contribution is -0.113. The number of thioether (sulfide) groups is 1. The Morgan fingerprint density at radius 1 is 1.20 bits per heavy atom. The summed E-state index contributed by atoms with van der Waals surface area (Å²) in [6.07, 6.45) is 1.64. The van der Waals surface area contributed by atoms with E-state index >= 15 is 0 Å². The fourth-order valence-corrected chi connectivity index (χ4v) is 3.90. The predicted molar refractivity (Wildman–Crippen MR) is 120 cm³/mol. The highest BCUT2D eigenvalue weighted by Gasteiger charge is 2.17. The first-order valence-electron chi connectivity index (χ1n) is 8.81. The molecule has 30 heavy (non-hydrogen) atoms. The van der Waals surface area contributed by atoms with Gasteiger partial charge in [-0.1, -0.05) is 23.2 Å². The number of benzene rings is 2. The largest absolute Gasteiger partial charge is 0.493 e. The lowest BCUT2D eigenvalue weighted by atomic mass is 10.1. The van der Waals surface area contributed by atoms with Gasteiger partial charge in [-0.15, -0.1) is 11.8 Å². The fraction of sp³-hybridized carbons (Fsp3) is 0.0952. The predicted octanol–water partition coefficient (Wildman–Crippen LogP) is 5.94. The number of carbonyl (C=O) groups excluding carboxylic acids is 1. The third-order valence-electron chi connectivity index (χ3n) is 4.12. The highest BCUT2D eigenvalue weighted by molar-refractivity contribution is 8.00. The molecule has 0 radical (unpaired) electrons. The van der Waals surface area contributed by atoms with Crippen LogP contribution >= 0.6 is 35.0 Å². The maximum Gasteiger partial charge on any atom is 0.234 e. The Hall–Kier alpha value is -2.74. The molecule has 2 heterocycles. The number of pyridine rings is 1. The number of fused-ring (bicyclic) bond motifs is 1. The van der Waals surface area contributed by atoms with Crippen molar-refractivity contribution in [2.45, 2.75) is 4.90 Å². The zero-order valence-corrected chi connectivity index (χ0v) is 18.0. The van der Waals surface area contributed by atoms with Crippen LogP contribution in [-0.2, 0) is 4.79 Å². The van der Waals surface area contributed by atoms with Crippen LogP contribution in [0.1, 0.15) is 0 Å². The maximum atomic E-state index is 12.5. The van der Waals surface area contributed by atoms with Crippen LogP contribution in [0.5, 0.6) is 5.75 Å². The van der Waals surface area contributed by atoms with E-state index in [9.17, 15) is 4.79 Å². The second kappa shape index (κ2) is 8.95. The molecule has 0 saturated carbocycles. The van der Waals surface area contributed by atoms with Gasteiger partial charge in [0.2, 0.25) is 11.8 Å². The van der Waals surface area contributed by atoms with Crippen molar-refractivity contribution in [3.63, 3.8) is 0 Å². The van der Waals surface area contributed by atoms with Gasteiger partial charge < -0.3 is 14.5 Å². The highest BCUT2D eigenvalue weighted by Crippen LogP contribution is 2.38. The Labute approximate surface area is 186 Å². The lowest BCUT2D eigenvalue weighted by Crippen LogP contribution is -2.15. The number of anilines is 1. The Morgan fingerprint density at radius 2 is 2.00 bits per heavy atom. The molecule has 0 aliphatic carbocycles. The molecule has 0 bridgehead atoms. The molecule has 0 atom stereocenters. The first-order valence-corrected chi connectivity index (χ1v) is 10.6. The van der Waals surface area contributed by atoms with Gasteiger partial charge in [-0.2, -0.15) is 4.98 Å². The van der Waals surface area contributed by atoms with Crippen LogP contribution in [0.4, 0.5) is 5.69 Å². The van der Waals surface area contributed by atoms with Crippen LogP contribution < -0.4 is 10.1 Å². The molecule has 0 spiro atoms. The summed E-state index contributed by atoms with van der Waals surface area (Å²) in [6.45, 7) is 0. The second-order valence-electron chi connectivity index (χ2n) is 6.17. The first kappa shape index (κ1) is 20.5. The molecule has 2 aromatic carbocycles. The van der Waals surface area contributed by atoms with Crippen LogP contribution in [0.25, 0.3) is 22.7 Å². The van der Waals surface area contributed by atoms with Crippen molar-refractivity contribution < 1.29 is 13.9 Å². The number of ether oxygens (including phenoxy) is 1. The third-order valence-corrected chi connectivity index (χ3v) is 5.66. The van der Waals surface area contributed by atoms with Crippen molar-refractivity contribution in [3.8, 4) is 17.2 Å². The van der Waals surface area contributed by atoms with E-state index in [0.29, 0.717) is 44.2 Å². The molecule has 1 N–H and O–H groups in total. The van der Waals surface area contributed by atoms with Crippen LogP contribution in [0.3, 0.4) is 0 Å². The van der Waals surface area contributed by atoms with Crippen molar-refractivity contribution >= 4 is 57.8 Å². The average molecular weight is 460 g/mol. The number of rotatable bonds is 6. The monoisotopic (exact) mass is 459 g/mol. The van der Waals surface area contributed by atoms with Gasteiger partial charge in [-0.05, 0) is 48.5 Å². The van der Waals surface area contributed by atoms with E-state index in [4.69, 9.17) is 32.4 Å². The fourth-order valence-electron chi connectivity index (χ4n) is 2.78. The summed E-state index contributed by atoms with van der Waals surface area (Å²) in [6, 6.07) is 14.2. The minimum atomic E-state index is -0.208. The number of nitrogens with zero attached hydrogens (tertiary/aromatic N) is 2. The molecule has 4 rings (SSSR count). The molecule has 152 valence electrons. The number of amides is 1. The average Bonchev–Trinajstić information content (AvgIpc) is 3.17. The van der Waals surface area contributed by atoms with E-state index in [1.54, 1.807) is 42.6 Å². The zero-order valence-electron chi connectivity index (χ0n) is 15.7. The standard InChI is InChI=1S/C21H15Cl2N3O3S/c1-28-19-15(23)9-12(21-26-20-17(29-21)3-2-8-24-20)10-16(19)25-18(27)11-30-14-6-4-13(22)5-7-14/h2-10H,11H2,1H3,(H,25,27). The molecule has 9 heteroatoms. The quantitative estimate of drug-likeness (QED) is 0.359. The van der Waals surface area contributed by atoms with Crippen LogP contribution in [0, 0.1) is 0 Å². The minimum Gasteiger partial charge on any atom is -0.493 e. The molecule has 0 fully saturated rings.